The summed E-state index contributed by atoms with van der Waals surface area (Å²) in [4.78, 5) is 0. The van der Waals surface area contributed by atoms with E-state index in [2.05, 4.69) is 0 Å². The summed E-state index contributed by atoms with van der Waals surface area (Å²) in [6.07, 6.45) is 1.32. The molecule has 0 radical (unpaired) electrons. The van der Waals surface area contributed by atoms with Crippen LogP contribution in [0.15, 0.2) is 24.3 Å². The standard InChI is InChI=1S/C14H24O6P2/c1-17-21(3,15)19-11-9-13-5-7-14(8-6-13)10-12-20-22(4,16)18-2/h5-8H,9-12H2,1-4H3. The topological polar surface area (TPSA) is 71.1 Å². The zero-order valence-electron chi connectivity index (χ0n) is 13.5. The van der Waals surface area contributed by atoms with E-state index >= 15 is 0 Å². The molecule has 2 unspecified atom stereocenters. The fourth-order valence-electron chi connectivity index (χ4n) is 1.64. The molecule has 1 aromatic carbocycles. The molecule has 0 bridgehead atoms. The Labute approximate surface area is 132 Å². The average Bonchev–Trinajstić information content (AvgIpc) is 2.48. The number of rotatable bonds is 10. The lowest BCUT2D eigenvalue weighted by molar-refractivity contribution is 0.240. The van der Waals surface area contributed by atoms with Gasteiger partial charge in [-0.05, 0) is 24.0 Å². The van der Waals surface area contributed by atoms with E-state index in [4.69, 9.17) is 18.1 Å². The minimum absolute atomic E-state index is 0.344. The Balaban J connectivity index is 2.37. The monoisotopic (exact) mass is 350 g/mol. The van der Waals surface area contributed by atoms with Gasteiger partial charge in [0.2, 0.25) is 0 Å². The maximum atomic E-state index is 11.6. The molecule has 1 rings (SSSR count). The summed E-state index contributed by atoms with van der Waals surface area (Å²) < 4.78 is 43.0. The van der Waals surface area contributed by atoms with Crippen LogP contribution in [0.25, 0.3) is 0 Å². The smallest absolute Gasteiger partial charge is 0.312 e. The predicted molar refractivity (Wildman–Crippen MR) is 86.8 cm³/mol. The zero-order chi connectivity index (χ0) is 16.6. The third-order valence-corrected chi connectivity index (χ3v) is 5.75. The van der Waals surface area contributed by atoms with Gasteiger partial charge in [0, 0.05) is 27.5 Å². The van der Waals surface area contributed by atoms with Crippen LogP contribution in [0.5, 0.6) is 0 Å². The van der Waals surface area contributed by atoms with Gasteiger partial charge in [0.15, 0.2) is 0 Å². The molecule has 1 aromatic rings. The summed E-state index contributed by atoms with van der Waals surface area (Å²) in [7, 11) is -3.07. The van der Waals surface area contributed by atoms with Crippen molar-refractivity contribution in [2.45, 2.75) is 12.8 Å². The Hall–Kier alpha value is -0.480. The third-order valence-electron chi connectivity index (χ3n) is 3.12. The summed E-state index contributed by atoms with van der Waals surface area (Å²) in [5, 5.41) is 0. The molecule has 0 saturated heterocycles. The Kier molecular flexibility index (Phi) is 7.98. The first kappa shape index (κ1) is 19.6. The van der Waals surface area contributed by atoms with Crippen LogP contribution < -0.4 is 0 Å². The van der Waals surface area contributed by atoms with Gasteiger partial charge in [-0.2, -0.15) is 0 Å². The Morgan fingerprint density at radius 2 is 1.09 bits per heavy atom. The summed E-state index contributed by atoms with van der Waals surface area (Å²) in [5.41, 5.74) is 2.16. The van der Waals surface area contributed by atoms with Crippen molar-refractivity contribution in [3.63, 3.8) is 0 Å². The highest BCUT2D eigenvalue weighted by atomic mass is 31.2. The lowest BCUT2D eigenvalue weighted by atomic mass is 10.1. The van der Waals surface area contributed by atoms with Gasteiger partial charge >= 0.3 is 15.2 Å². The molecule has 0 aliphatic carbocycles. The molecule has 0 amide bonds. The Bertz CT molecular complexity index is 494. The predicted octanol–water partition coefficient (Wildman–Crippen LogP) is 3.74. The molecule has 0 aromatic heterocycles. The van der Waals surface area contributed by atoms with E-state index in [9.17, 15) is 9.13 Å². The number of hydrogen-bond acceptors (Lipinski definition) is 6. The van der Waals surface area contributed by atoms with Gasteiger partial charge in [0.1, 0.15) is 0 Å². The molecule has 0 N–H and O–H groups in total. The van der Waals surface area contributed by atoms with E-state index in [1.165, 1.54) is 27.5 Å². The second-order valence-corrected chi connectivity index (χ2v) is 9.22. The lowest BCUT2D eigenvalue weighted by Gasteiger charge is -2.12. The van der Waals surface area contributed by atoms with Crippen molar-refractivity contribution in [3.8, 4) is 0 Å². The van der Waals surface area contributed by atoms with Gasteiger partial charge in [-0.3, -0.25) is 9.13 Å². The molecule has 0 fully saturated rings. The molecule has 0 aliphatic rings. The fraction of sp³-hybridized carbons (Fsp3) is 0.571. The highest BCUT2D eigenvalue weighted by Crippen LogP contribution is 2.43. The summed E-state index contributed by atoms with van der Waals surface area (Å²) in [6.45, 7) is 3.58. The van der Waals surface area contributed by atoms with Crippen molar-refractivity contribution in [1.29, 1.82) is 0 Å². The molecule has 22 heavy (non-hydrogen) atoms. The molecule has 0 spiro atoms. The normalized spacial score (nSPS) is 16.9. The third kappa shape index (κ3) is 7.68. The molecular formula is C14H24O6P2. The van der Waals surface area contributed by atoms with Crippen LogP contribution in [-0.2, 0) is 40.1 Å². The second-order valence-electron chi connectivity index (χ2n) is 4.89. The van der Waals surface area contributed by atoms with Gasteiger partial charge in [0.05, 0.1) is 13.2 Å². The van der Waals surface area contributed by atoms with E-state index in [0.717, 1.165) is 11.1 Å². The largest absolute Gasteiger partial charge is 0.327 e. The Morgan fingerprint density at radius 1 is 0.773 bits per heavy atom. The zero-order valence-corrected chi connectivity index (χ0v) is 15.3. The molecule has 8 heteroatoms. The maximum Gasteiger partial charge on any atom is 0.327 e. The van der Waals surface area contributed by atoms with Crippen molar-refractivity contribution in [2.75, 3.05) is 40.8 Å². The fourth-order valence-corrected chi connectivity index (χ4v) is 2.69. The van der Waals surface area contributed by atoms with E-state index in [1.54, 1.807) is 0 Å². The Morgan fingerprint density at radius 3 is 1.36 bits per heavy atom. The highest BCUT2D eigenvalue weighted by molar-refractivity contribution is 7.53. The van der Waals surface area contributed by atoms with Gasteiger partial charge < -0.3 is 18.1 Å². The minimum Gasteiger partial charge on any atom is -0.312 e. The van der Waals surface area contributed by atoms with Crippen LogP contribution in [0.1, 0.15) is 11.1 Å². The maximum absolute atomic E-state index is 11.6. The van der Waals surface area contributed by atoms with Crippen LogP contribution in [-0.4, -0.2) is 40.8 Å². The minimum atomic E-state index is -2.91. The summed E-state index contributed by atoms with van der Waals surface area (Å²) in [6, 6.07) is 7.92. The van der Waals surface area contributed by atoms with Gasteiger partial charge in [-0.1, -0.05) is 24.3 Å². The molecule has 0 saturated carbocycles. The number of hydrogen-bond donors (Lipinski definition) is 0. The van der Waals surface area contributed by atoms with Crippen LogP contribution in [0.2, 0.25) is 0 Å². The summed E-state index contributed by atoms with van der Waals surface area (Å²) >= 11 is 0. The van der Waals surface area contributed by atoms with Crippen molar-refractivity contribution in [2.24, 2.45) is 0 Å². The molecule has 6 nitrogen and oxygen atoms in total. The summed E-state index contributed by atoms with van der Waals surface area (Å²) in [5.74, 6) is 0. The van der Waals surface area contributed by atoms with Gasteiger partial charge in [-0.25, -0.2) is 0 Å². The average molecular weight is 350 g/mol. The molecule has 2 atom stereocenters. The molecular weight excluding hydrogens is 326 g/mol. The van der Waals surface area contributed by atoms with Crippen LogP contribution in [0, 0.1) is 0 Å². The van der Waals surface area contributed by atoms with E-state index in [-0.39, 0.29) is 0 Å². The lowest BCUT2D eigenvalue weighted by Crippen LogP contribution is -2.00. The first-order chi connectivity index (χ1) is 10.3. The van der Waals surface area contributed by atoms with Crippen LogP contribution >= 0.6 is 15.2 Å². The first-order valence-corrected chi connectivity index (χ1v) is 10.9. The van der Waals surface area contributed by atoms with E-state index in [1.807, 2.05) is 24.3 Å². The van der Waals surface area contributed by atoms with Crippen molar-refractivity contribution in [1.82, 2.24) is 0 Å². The molecule has 0 aliphatic heterocycles. The quantitative estimate of drug-likeness (QED) is 0.599. The highest BCUT2D eigenvalue weighted by Gasteiger charge is 2.14. The van der Waals surface area contributed by atoms with Crippen molar-refractivity contribution in [3.05, 3.63) is 35.4 Å². The SMILES string of the molecule is COP(C)(=O)OCCc1ccc(CCOP(C)(=O)OC)cc1. The van der Waals surface area contributed by atoms with Crippen LogP contribution in [0.3, 0.4) is 0 Å². The molecule has 0 heterocycles. The van der Waals surface area contributed by atoms with E-state index < -0.39 is 15.2 Å². The van der Waals surface area contributed by atoms with Crippen LogP contribution in [0.4, 0.5) is 0 Å². The second kappa shape index (κ2) is 8.97. The number of benzene rings is 1. The molecule has 126 valence electrons. The van der Waals surface area contributed by atoms with E-state index in [0.29, 0.717) is 26.1 Å². The van der Waals surface area contributed by atoms with Gasteiger partial charge in [0.25, 0.3) is 0 Å². The van der Waals surface area contributed by atoms with Crippen molar-refractivity contribution >= 4 is 15.2 Å². The van der Waals surface area contributed by atoms with Gasteiger partial charge in [-0.15, -0.1) is 0 Å². The van der Waals surface area contributed by atoms with Crippen molar-refractivity contribution < 1.29 is 27.2 Å². The first-order valence-electron chi connectivity index (χ1n) is 6.91.